The number of rotatable bonds is 6. The van der Waals surface area contributed by atoms with Crippen LogP contribution in [0.5, 0.6) is 5.75 Å². The van der Waals surface area contributed by atoms with Crippen molar-refractivity contribution in [2.75, 3.05) is 7.11 Å². The Kier molecular flexibility index (Phi) is 5.07. The Bertz CT molecular complexity index is 1690. The summed E-state index contributed by atoms with van der Waals surface area (Å²) < 4.78 is 12.9. The third kappa shape index (κ3) is 3.73. The topological polar surface area (TPSA) is 83.0 Å². The lowest BCUT2D eigenvalue weighted by Crippen LogP contribution is -2.00. The molecule has 0 spiro atoms. The van der Waals surface area contributed by atoms with Crippen LogP contribution < -0.4 is 4.74 Å². The second-order valence-corrected chi connectivity index (χ2v) is 8.21. The first kappa shape index (κ1) is 20.8. The number of hydrogen-bond acceptors (Lipinski definition) is 6. The highest BCUT2D eigenvalue weighted by Crippen LogP contribution is 2.37. The van der Waals surface area contributed by atoms with E-state index in [1.807, 2.05) is 41.2 Å². The van der Waals surface area contributed by atoms with Crippen molar-refractivity contribution >= 4 is 28.1 Å². The van der Waals surface area contributed by atoms with Crippen molar-refractivity contribution in [2.45, 2.75) is 6.54 Å². The number of hydrogen-bond donors (Lipinski definition) is 0. The second kappa shape index (κ2) is 8.53. The van der Waals surface area contributed by atoms with Crippen LogP contribution in [0, 0.1) is 0 Å². The molecular formula is C28H20N4O3. The molecule has 0 aliphatic heterocycles. The highest BCUT2D eigenvalue weighted by Gasteiger charge is 2.16. The summed E-state index contributed by atoms with van der Waals surface area (Å²) in [4.78, 5) is 20.2. The standard InChI is InChI=1S/C28H20N4O3/c1-34-27-12-25-24(11-23(27)21-10-22(15-33)35-16-21)28(30-17-29-25)19-7-8-26-20(9-19)13-31-32(26)14-18-5-3-2-4-6-18/h2-13,15-17H,14H2,1H3. The second-order valence-electron chi connectivity index (χ2n) is 8.21. The van der Waals surface area contributed by atoms with Gasteiger partial charge < -0.3 is 9.15 Å². The van der Waals surface area contributed by atoms with Crippen LogP contribution >= 0.6 is 0 Å². The molecule has 0 amide bonds. The van der Waals surface area contributed by atoms with E-state index in [1.165, 1.54) is 5.56 Å². The molecule has 0 aliphatic carbocycles. The third-order valence-corrected chi connectivity index (χ3v) is 6.09. The van der Waals surface area contributed by atoms with Gasteiger partial charge in [-0.25, -0.2) is 9.97 Å². The maximum absolute atomic E-state index is 11.1. The van der Waals surface area contributed by atoms with Crippen LogP contribution in [0.2, 0.25) is 0 Å². The van der Waals surface area contributed by atoms with E-state index in [2.05, 4.69) is 45.4 Å². The quantitative estimate of drug-likeness (QED) is 0.293. The van der Waals surface area contributed by atoms with Gasteiger partial charge in [-0.1, -0.05) is 36.4 Å². The molecule has 35 heavy (non-hydrogen) atoms. The smallest absolute Gasteiger partial charge is 0.185 e. The average Bonchev–Trinajstić information content (AvgIpc) is 3.55. The normalized spacial score (nSPS) is 11.2. The van der Waals surface area contributed by atoms with Crippen LogP contribution in [-0.2, 0) is 6.54 Å². The van der Waals surface area contributed by atoms with Gasteiger partial charge in [-0.3, -0.25) is 9.48 Å². The van der Waals surface area contributed by atoms with Crippen molar-refractivity contribution < 1.29 is 13.9 Å². The zero-order chi connectivity index (χ0) is 23.8. The largest absolute Gasteiger partial charge is 0.496 e. The van der Waals surface area contributed by atoms with Gasteiger partial charge in [-0.2, -0.15) is 5.10 Å². The van der Waals surface area contributed by atoms with E-state index in [4.69, 9.17) is 9.15 Å². The van der Waals surface area contributed by atoms with E-state index in [0.717, 1.165) is 44.2 Å². The summed E-state index contributed by atoms with van der Waals surface area (Å²) in [6.45, 7) is 0.705. The monoisotopic (exact) mass is 460 g/mol. The van der Waals surface area contributed by atoms with Crippen LogP contribution in [0.3, 0.4) is 0 Å². The Morgan fingerprint density at radius 3 is 2.69 bits per heavy atom. The van der Waals surface area contributed by atoms with Crippen molar-refractivity contribution in [1.29, 1.82) is 0 Å². The Balaban J connectivity index is 1.45. The number of fused-ring (bicyclic) bond motifs is 2. The number of aromatic nitrogens is 4. The Labute approximate surface area is 200 Å². The minimum atomic E-state index is 0.254. The molecule has 0 radical (unpaired) electrons. The number of furan rings is 1. The number of nitrogens with zero attached hydrogens (tertiary/aromatic N) is 4. The highest BCUT2D eigenvalue weighted by molar-refractivity contribution is 5.98. The molecular weight excluding hydrogens is 440 g/mol. The van der Waals surface area contributed by atoms with Gasteiger partial charge >= 0.3 is 0 Å². The molecule has 3 aromatic heterocycles. The number of carbonyl (C=O) groups excluding carboxylic acids is 1. The minimum Gasteiger partial charge on any atom is -0.496 e. The van der Waals surface area contributed by atoms with E-state index >= 15 is 0 Å². The van der Waals surface area contributed by atoms with Crippen LogP contribution in [-0.4, -0.2) is 33.1 Å². The first-order valence-corrected chi connectivity index (χ1v) is 11.1. The molecule has 0 saturated carbocycles. The van der Waals surface area contributed by atoms with Crippen LogP contribution in [0.25, 0.3) is 44.2 Å². The van der Waals surface area contributed by atoms with E-state index < -0.39 is 0 Å². The molecule has 0 aliphatic rings. The fraction of sp³-hybridized carbons (Fsp3) is 0.0714. The molecule has 0 fully saturated rings. The summed E-state index contributed by atoms with van der Waals surface area (Å²) in [7, 11) is 1.61. The molecule has 6 rings (SSSR count). The molecule has 0 unspecified atom stereocenters. The molecule has 7 heteroatoms. The van der Waals surface area contributed by atoms with Gasteiger partial charge in [0.05, 0.1) is 42.8 Å². The summed E-state index contributed by atoms with van der Waals surface area (Å²) in [5.74, 6) is 0.891. The van der Waals surface area contributed by atoms with Gasteiger partial charge in [0, 0.05) is 33.5 Å². The SMILES string of the molecule is COc1cc2ncnc(-c3ccc4c(cnn4Cc4ccccc4)c3)c2cc1-c1coc(C=O)c1. The van der Waals surface area contributed by atoms with Gasteiger partial charge in [0.15, 0.2) is 12.0 Å². The summed E-state index contributed by atoms with van der Waals surface area (Å²) in [6.07, 6.45) is 5.66. The van der Waals surface area contributed by atoms with Gasteiger partial charge in [-0.15, -0.1) is 0 Å². The van der Waals surface area contributed by atoms with E-state index in [9.17, 15) is 4.79 Å². The molecule has 3 aromatic carbocycles. The first-order valence-electron chi connectivity index (χ1n) is 11.1. The first-order chi connectivity index (χ1) is 17.2. The Hall–Kier alpha value is -4.78. The van der Waals surface area contributed by atoms with E-state index in [1.54, 1.807) is 25.8 Å². The van der Waals surface area contributed by atoms with Crippen molar-refractivity contribution in [3.05, 3.63) is 96.8 Å². The van der Waals surface area contributed by atoms with Crippen LogP contribution in [0.4, 0.5) is 0 Å². The lowest BCUT2D eigenvalue weighted by Gasteiger charge is -2.11. The summed E-state index contributed by atoms with van der Waals surface area (Å²) >= 11 is 0. The molecule has 7 nitrogen and oxygen atoms in total. The summed E-state index contributed by atoms with van der Waals surface area (Å²) in [6, 6.07) is 22.0. The summed E-state index contributed by atoms with van der Waals surface area (Å²) in [5.41, 5.74) is 6.31. The zero-order valence-electron chi connectivity index (χ0n) is 18.9. The predicted octanol–water partition coefficient (Wildman–Crippen LogP) is 5.78. The molecule has 0 bridgehead atoms. The maximum Gasteiger partial charge on any atom is 0.185 e. The molecule has 0 atom stereocenters. The van der Waals surface area contributed by atoms with Gasteiger partial charge in [-0.05, 0) is 29.8 Å². The third-order valence-electron chi connectivity index (χ3n) is 6.09. The zero-order valence-corrected chi connectivity index (χ0v) is 18.9. The number of ether oxygens (including phenoxy) is 1. The van der Waals surface area contributed by atoms with Crippen molar-refractivity contribution in [3.63, 3.8) is 0 Å². The van der Waals surface area contributed by atoms with Gasteiger partial charge in [0.1, 0.15) is 12.1 Å². The molecule has 3 heterocycles. The molecule has 170 valence electrons. The predicted molar refractivity (Wildman–Crippen MR) is 133 cm³/mol. The fourth-order valence-corrected chi connectivity index (χ4v) is 4.38. The van der Waals surface area contributed by atoms with Crippen molar-refractivity contribution in [3.8, 4) is 28.1 Å². The average molecular weight is 460 g/mol. The lowest BCUT2D eigenvalue weighted by molar-refractivity contribution is 0.110. The Morgan fingerprint density at radius 2 is 1.89 bits per heavy atom. The highest BCUT2D eigenvalue weighted by atomic mass is 16.5. The van der Waals surface area contributed by atoms with E-state index in [0.29, 0.717) is 18.6 Å². The summed E-state index contributed by atoms with van der Waals surface area (Å²) in [5, 5.41) is 6.50. The molecule has 0 saturated heterocycles. The van der Waals surface area contributed by atoms with E-state index in [-0.39, 0.29) is 5.76 Å². The molecule has 6 aromatic rings. The Morgan fingerprint density at radius 1 is 1.00 bits per heavy atom. The maximum atomic E-state index is 11.1. The van der Waals surface area contributed by atoms with Crippen molar-refractivity contribution in [1.82, 2.24) is 19.7 Å². The number of carbonyl (C=O) groups is 1. The minimum absolute atomic E-state index is 0.254. The van der Waals surface area contributed by atoms with Crippen LogP contribution in [0.15, 0.2) is 89.9 Å². The fourth-order valence-electron chi connectivity index (χ4n) is 4.38. The van der Waals surface area contributed by atoms with Gasteiger partial charge in [0.25, 0.3) is 0 Å². The number of benzene rings is 3. The number of aldehydes is 1. The van der Waals surface area contributed by atoms with Gasteiger partial charge in [0.2, 0.25) is 0 Å². The number of methoxy groups -OCH3 is 1. The van der Waals surface area contributed by atoms with Crippen molar-refractivity contribution in [2.24, 2.45) is 0 Å². The molecule has 0 N–H and O–H groups in total. The lowest BCUT2D eigenvalue weighted by atomic mass is 10.00. The van der Waals surface area contributed by atoms with Crippen LogP contribution in [0.1, 0.15) is 16.1 Å².